The Morgan fingerprint density at radius 2 is 1.61 bits per heavy atom. The third kappa shape index (κ3) is 8.15. The molecule has 0 spiro atoms. The van der Waals surface area contributed by atoms with Gasteiger partial charge >= 0.3 is 0 Å². The number of carbonyl (C=O) groups is 1. The smallest absolute Gasteiger partial charge is 0.243 e. The van der Waals surface area contributed by atoms with Crippen molar-refractivity contribution in [2.45, 2.75) is 43.9 Å². The molecule has 0 aliphatic carbocycles. The molecule has 0 fully saturated rings. The molecule has 0 saturated heterocycles. The minimum absolute atomic E-state index is 0.145. The van der Waals surface area contributed by atoms with Crippen LogP contribution in [0.1, 0.15) is 36.8 Å². The van der Waals surface area contributed by atoms with Crippen LogP contribution in [0, 0.1) is 6.92 Å². The van der Waals surface area contributed by atoms with Gasteiger partial charge in [0.05, 0.1) is 18.6 Å². The zero-order valence-corrected chi connectivity index (χ0v) is 23.2. The number of methoxy groups -OCH3 is 1. The lowest BCUT2D eigenvalue weighted by Gasteiger charge is -2.22. The van der Waals surface area contributed by atoms with E-state index in [9.17, 15) is 13.2 Å². The van der Waals surface area contributed by atoms with E-state index < -0.39 is 10.0 Å². The Hall–Kier alpha value is -3.20. The minimum Gasteiger partial charge on any atom is -0.496 e. The Balaban J connectivity index is 1.77. The van der Waals surface area contributed by atoms with E-state index in [1.54, 1.807) is 19.2 Å². The van der Waals surface area contributed by atoms with E-state index in [0.29, 0.717) is 25.3 Å². The third-order valence-corrected chi connectivity index (χ3v) is 8.40. The number of amides is 1. The van der Waals surface area contributed by atoms with Crippen molar-refractivity contribution in [1.29, 1.82) is 0 Å². The predicted octanol–water partition coefficient (Wildman–Crippen LogP) is 4.54. The zero-order chi connectivity index (χ0) is 27.4. The molecule has 0 aromatic heterocycles. The number of nitrogens with two attached hydrogens (primary N) is 1. The highest BCUT2D eigenvalue weighted by atomic mass is 32.2. The number of nitrogens with zero attached hydrogens (tertiary/aromatic N) is 1. The number of carbonyl (C=O) groups excluding carboxylic acids is 1. The number of sulfonamides is 1. The van der Waals surface area contributed by atoms with Crippen molar-refractivity contribution in [2.75, 3.05) is 33.3 Å². The summed E-state index contributed by atoms with van der Waals surface area (Å²) in [6.07, 6.45) is 4.20. The topological polar surface area (TPSA) is 102 Å². The molecule has 1 amide bonds. The fraction of sp³-hybridized carbons (Fsp3) is 0.367. The number of hydrogen-bond donors (Lipinski definition) is 2. The summed E-state index contributed by atoms with van der Waals surface area (Å²) >= 11 is 0. The molecule has 38 heavy (non-hydrogen) atoms. The first-order chi connectivity index (χ1) is 18.4. The second-order valence-electron chi connectivity index (χ2n) is 9.29. The molecule has 0 heterocycles. The van der Waals surface area contributed by atoms with Crippen LogP contribution < -0.4 is 15.8 Å². The van der Waals surface area contributed by atoms with Crippen LogP contribution in [0.15, 0.2) is 77.7 Å². The molecule has 7 nitrogen and oxygen atoms in total. The Kier molecular flexibility index (Phi) is 11.3. The van der Waals surface area contributed by atoms with Crippen LogP contribution in [0.4, 0.5) is 0 Å². The normalized spacial score (nSPS) is 11.5. The lowest BCUT2D eigenvalue weighted by atomic mass is 10.0. The van der Waals surface area contributed by atoms with E-state index in [-0.39, 0.29) is 23.9 Å². The quantitative estimate of drug-likeness (QED) is 0.277. The summed E-state index contributed by atoms with van der Waals surface area (Å²) in [7, 11) is -2.33. The van der Waals surface area contributed by atoms with Gasteiger partial charge in [-0.3, -0.25) is 4.79 Å². The van der Waals surface area contributed by atoms with E-state index in [1.165, 1.54) is 4.31 Å². The molecule has 3 aromatic carbocycles. The Labute approximate surface area is 227 Å². The van der Waals surface area contributed by atoms with Crippen molar-refractivity contribution in [3.8, 4) is 16.9 Å². The van der Waals surface area contributed by atoms with Crippen molar-refractivity contribution in [2.24, 2.45) is 5.73 Å². The predicted molar refractivity (Wildman–Crippen MR) is 153 cm³/mol. The molecule has 3 rings (SSSR count). The molecule has 3 N–H and O–H groups in total. The standard InChI is InChI=1S/C30H39N3O4S/c1-24-11-5-7-13-28(24)25-15-17-27(18-16-25)38(35,36)33(22-19-26-12-6-8-14-29(26)37-2)23-30(34)32-21-10-4-3-9-20-31/h5-8,11-18H,3-4,9-10,19-23,31H2,1-2H3,(H,32,34). The number of rotatable bonds is 15. The fourth-order valence-corrected chi connectivity index (χ4v) is 5.75. The van der Waals surface area contributed by atoms with Crippen LogP contribution >= 0.6 is 0 Å². The van der Waals surface area contributed by atoms with Gasteiger partial charge in [-0.05, 0) is 73.2 Å². The van der Waals surface area contributed by atoms with Crippen LogP contribution in [0.3, 0.4) is 0 Å². The van der Waals surface area contributed by atoms with Gasteiger partial charge in [-0.25, -0.2) is 8.42 Å². The van der Waals surface area contributed by atoms with Gasteiger partial charge in [0.1, 0.15) is 5.75 Å². The summed E-state index contributed by atoms with van der Waals surface area (Å²) in [6, 6.07) is 22.3. The second kappa shape index (κ2) is 14.7. The van der Waals surface area contributed by atoms with Gasteiger partial charge in [0.2, 0.25) is 15.9 Å². The van der Waals surface area contributed by atoms with Gasteiger partial charge < -0.3 is 15.8 Å². The minimum atomic E-state index is -3.92. The highest BCUT2D eigenvalue weighted by molar-refractivity contribution is 7.89. The summed E-state index contributed by atoms with van der Waals surface area (Å²) in [5.41, 5.74) is 9.51. The van der Waals surface area contributed by atoms with E-state index in [0.717, 1.165) is 47.9 Å². The summed E-state index contributed by atoms with van der Waals surface area (Å²) in [5.74, 6) is 0.373. The Bertz CT molecular complexity index is 1280. The molecule has 0 atom stereocenters. The highest BCUT2D eigenvalue weighted by Crippen LogP contribution is 2.26. The first-order valence-corrected chi connectivity index (χ1v) is 14.6. The molecule has 3 aromatic rings. The molecule has 204 valence electrons. The van der Waals surface area contributed by atoms with Crippen molar-refractivity contribution in [3.05, 3.63) is 83.9 Å². The van der Waals surface area contributed by atoms with Crippen molar-refractivity contribution in [1.82, 2.24) is 9.62 Å². The van der Waals surface area contributed by atoms with E-state index >= 15 is 0 Å². The molecule has 0 bridgehead atoms. The molecule has 0 radical (unpaired) electrons. The molecule has 0 aliphatic rings. The Morgan fingerprint density at radius 3 is 2.32 bits per heavy atom. The second-order valence-corrected chi connectivity index (χ2v) is 11.2. The van der Waals surface area contributed by atoms with Crippen LogP contribution in [0.5, 0.6) is 5.75 Å². The summed E-state index contributed by atoms with van der Waals surface area (Å²) in [5, 5.41) is 2.87. The maximum atomic E-state index is 13.7. The maximum absolute atomic E-state index is 13.7. The van der Waals surface area contributed by atoms with Crippen molar-refractivity contribution >= 4 is 15.9 Å². The first-order valence-electron chi connectivity index (χ1n) is 13.1. The van der Waals surface area contributed by atoms with Gasteiger partial charge in [0.15, 0.2) is 0 Å². The van der Waals surface area contributed by atoms with E-state index in [1.807, 2.05) is 67.6 Å². The van der Waals surface area contributed by atoms with E-state index in [2.05, 4.69) is 5.32 Å². The monoisotopic (exact) mass is 537 g/mol. The van der Waals surface area contributed by atoms with Gasteiger partial charge in [-0.15, -0.1) is 0 Å². The number of benzene rings is 3. The number of hydrogen-bond acceptors (Lipinski definition) is 5. The van der Waals surface area contributed by atoms with Crippen LogP contribution in [0.2, 0.25) is 0 Å². The van der Waals surface area contributed by atoms with Gasteiger partial charge in [0, 0.05) is 13.1 Å². The zero-order valence-electron chi connectivity index (χ0n) is 22.4. The van der Waals surface area contributed by atoms with Gasteiger partial charge in [0.25, 0.3) is 0 Å². The van der Waals surface area contributed by atoms with Gasteiger partial charge in [-0.2, -0.15) is 4.31 Å². The number of unbranched alkanes of at least 4 members (excludes halogenated alkanes) is 3. The molecule has 0 aliphatic heterocycles. The average Bonchev–Trinajstić information content (AvgIpc) is 2.93. The SMILES string of the molecule is COc1ccccc1CCN(CC(=O)NCCCCCCN)S(=O)(=O)c1ccc(-c2ccccc2C)cc1. The molecule has 0 saturated carbocycles. The summed E-state index contributed by atoms with van der Waals surface area (Å²) < 4.78 is 34.1. The lowest BCUT2D eigenvalue weighted by molar-refractivity contribution is -0.121. The number of ether oxygens (including phenoxy) is 1. The van der Waals surface area contributed by atoms with E-state index in [4.69, 9.17) is 10.5 Å². The first kappa shape index (κ1) is 29.4. The third-order valence-electron chi connectivity index (χ3n) is 6.54. The highest BCUT2D eigenvalue weighted by Gasteiger charge is 2.27. The largest absolute Gasteiger partial charge is 0.496 e. The fourth-order valence-electron chi connectivity index (χ4n) is 4.36. The average molecular weight is 538 g/mol. The van der Waals surface area contributed by atoms with Crippen LogP contribution in [-0.4, -0.2) is 51.9 Å². The molecular formula is C30H39N3O4S. The number of nitrogens with one attached hydrogen (secondary N) is 1. The number of para-hydroxylation sites is 1. The van der Waals surface area contributed by atoms with Crippen molar-refractivity contribution in [3.63, 3.8) is 0 Å². The number of aryl methyl sites for hydroxylation is 1. The maximum Gasteiger partial charge on any atom is 0.243 e. The van der Waals surface area contributed by atoms with Gasteiger partial charge in [-0.1, -0.05) is 67.4 Å². The van der Waals surface area contributed by atoms with Crippen LogP contribution in [0.25, 0.3) is 11.1 Å². The Morgan fingerprint density at radius 1 is 0.921 bits per heavy atom. The van der Waals surface area contributed by atoms with Crippen LogP contribution in [-0.2, 0) is 21.2 Å². The molecule has 0 unspecified atom stereocenters. The summed E-state index contributed by atoms with van der Waals surface area (Å²) in [4.78, 5) is 12.9. The molecule has 8 heteroatoms. The molecular weight excluding hydrogens is 498 g/mol. The summed E-state index contributed by atoms with van der Waals surface area (Å²) in [6.45, 7) is 3.09. The lowest BCUT2D eigenvalue weighted by Crippen LogP contribution is -2.42. The van der Waals surface area contributed by atoms with Crippen molar-refractivity contribution < 1.29 is 17.9 Å².